The van der Waals surface area contributed by atoms with Crippen LogP contribution in [-0.2, 0) is 83.8 Å². The fourth-order valence-corrected chi connectivity index (χ4v) is 0.0577. The standard InChI is InChI=1S/C3H7O2.C3H7O.C2H4.2CHO.7CH4.B.4V.H2/c4-2-1-3-5;1-2-3-4;3*1-2;;;;;;;;;;;;;/h2,4-5H,1,3H2;4H,1-3H2;1-2H2;2*1H;7*1H4;;;;;;1H/q2*-1;;2*-1;;;;;;;;;;;;;/i;;;;;;;;;;;;;;;;;1+1. The molecule has 175 valence electrons. The molecule has 0 aromatic heterocycles. The van der Waals surface area contributed by atoms with E-state index in [9.17, 15) is 0 Å². The van der Waals surface area contributed by atoms with Gasteiger partial charge in [-0.2, -0.15) is 6.42 Å². The Morgan fingerprint density at radius 2 is 0.889 bits per heavy atom. The normalized spacial score (nSPS) is 3.11. The van der Waals surface area contributed by atoms with Crippen LogP contribution in [0.2, 0.25) is 0 Å². The van der Waals surface area contributed by atoms with Crippen LogP contribution >= 0.6 is 0 Å². The van der Waals surface area contributed by atoms with Crippen LogP contribution in [0.25, 0.3) is 0 Å². The van der Waals surface area contributed by atoms with E-state index in [1.807, 2.05) is 0 Å². The summed E-state index contributed by atoms with van der Waals surface area (Å²) < 4.78 is 0. The fourth-order valence-electron chi connectivity index (χ4n) is 0.0577. The molecule has 0 aliphatic carbocycles. The van der Waals surface area contributed by atoms with E-state index in [1.54, 1.807) is 0 Å². The molecule has 0 amide bonds. The van der Waals surface area contributed by atoms with Crippen molar-refractivity contribution in [3.05, 3.63) is 26.7 Å². The molecule has 0 aromatic rings. The summed E-state index contributed by atoms with van der Waals surface area (Å²) in [5, 5.41) is 23.5. The minimum atomic E-state index is 0. The van der Waals surface area contributed by atoms with Crippen molar-refractivity contribution in [2.24, 2.45) is 0 Å². The van der Waals surface area contributed by atoms with Crippen LogP contribution in [0.5, 0.6) is 0 Å². The second-order valence-electron chi connectivity index (χ2n) is 1.27. The van der Waals surface area contributed by atoms with Gasteiger partial charge >= 0.3 is 0 Å². The maximum absolute atomic E-state index is 7.88. The predicted molar refractivity (Wildman–Crippen MR) is 115 cm³/mol. The van der Waals surface area contributed by atoms with Crippen molar-refractivity contribution >= 4 is 22.0 Å². The molecule has 0 bridgehead atoms. The summed E-state index contributed by atoms with van der Waals surface area (Å²) in [6, 6.07) is 0. The van der Waals surface area contributed by atoms with Crippen molar-refractivity contribution in [1.82, 2.24) is 0 Å². The molecule has 7 radical (unpaired) electrons. The van der Waals surface area contributed by atoms with E-state index in [4.69, 9.17) is 24.9 Å². The predicted octanol–water partition coefficient (Wildman–Crippen LogP) is 4.67. The summed E-state index contributed by atoms with van der Waals surface area (Å²) in [5.41, 5.74) is 0. The number of aliphatic hydroxyl groups excluding tert-OH is 3. The van der Waals surface area contributed by atoms with Gasteiger partial charge in [-0.05, 0) is 0 Å². The molecule has 0 unspecified atom stereocenters. The molecule has 0 atom stereocenters. The first-order valence-corrected chi connectivity index (χ1v) is 3.77. The second kappa shape index (κ2) is 470. The Morgan fingerprint density at radius 1 is 0.741 bits per heavy atom. The molecule has 0 fully saturated rings. The molecule has 0 aliphatic rings. The molecule has 0 spiro atoms. The number of carbonyl (C=O) groups excluding carboxylic acids is 2. The molecular weight excluding hydrogens is 499 g/mol. The molecule has 0 heterocycles. The largest absolute Gasteiger partial charge is 0.566 e. The number of rotatable bonds is 3. The molecule has 3 N–H and O–H groups in total. The summed E-state index contributed by atoms with van der Waals surface area (Å²) in [7, 11) is 0. The van der Waals surface area contributed by atoms with Gasteiger partial charge in [0.2, 0.25) is 0 Å². The summed E-state index contributed by atoms with van der Waals surface area (Å²) in [6.45, 7) is 17.0. The molecular formula is C17H50BO5V4-4. The van der Waals surface area contributed by atoms with Gasteiger partial charge in [0, 0.05) is 97.3 Å². The summed E-state index contributed by atoms with van der Waals surface area (Å²) in [5.74, 6) is 0. The maximum atomic E-state index is 7.88. The third-order valence-electron chi connectivity index (χ3n) is 0.416. The first kappa shape index (κ1) is 164. The number of hydrogen-bond donors (Lipinski definition) is 3. The van der Waals surface area contributed by atoms with Crippen molar-refractivity contribution in [3.8, 4) is 0 Å². The van der Waals surface area contributed by atoms with E-state index in [-0.39, 0.29) is 149 Å². The van der Waals surface area contributed by atoms with Gasteiger partial charge in [-0.3, -0.25) is 13.6 Å². The van der Waals surface area contributed by atoms with Crippen molar-refractivity contribution in [1.29, 1.82) is 0 Å². The van der Waals surface area contributed by atoms with Crippen LogP contribution < -0.4 is 0 Å². The first-order valence-electron chi connectivity index (χ1n) is 3.77. The Kier molecular flexibility index (Phi) is 2860. The van der Waals surface area contributed by atoms with Crippen molar-refractivity contribution < 1.29 is 101 Å². The molecule has 0 rings (SSSR count). The zero-order valence-corrected chi connectivity index (χ0v) is 16.8. The zero-order chi connectivity index (χ0) is 13.5. The molecule has 0 aromatic carbocycles. The van der Waals surface area contributed by atoms with E-state index in [0.29, 0.717) is 12.8 Å². The summed E-state index contributed by atoms with van der Waals surface area (Å²) in [4.78, 5) is 15.5. The van der Waals surface area contributed by atoms with E-state index in [1.165, 1.54) is 0 Å². The van der Waals surface area contributed by atoms with Gasteiger partial charge in [0.15, 0.2) is 0 Å². The molecule has 0 saturated carbocycles. The Bertz CT molecular complexity index is 84.8. The van der Waals surface area contributed by atoms with E-state index < -0.39 is 0 Å². The zero-order valence-electron chi connectivity index (χ0n) is 11.2. The summed E-state index contributed by atoms with van der Waals surface area (Å²) >= 11 is 0. The van der Waals surface area contributed by atoms with Gasteiger partial charge in [0.1, 0.15) is 0 Å². The quantitative estimate of drug-likeness (QED) is 0.206. The third kappa shape index (κ3) is 925. The van der Waals surface area contributed by atoms with Gasteiger partial charge in [-0.1, -0.05) is 52.0 Å². The van der Waals surface area contributed by atoms with E-state index in [0.717, 1.165) is 6.61 Å². The second-order valence-corrected chi connectivity index (χ2v) is 1.27. The van der Waals surface area contributed by atoms with E-state index in [2.05, 4.69) is 33.7 Å². The van der Waals surface area contributed by atoms with Gasteiger partial charge in [-0.25, -0.2) is 6.61 Å². The Hall–Kier alpha value is 1.36. The smallest absolute Gasteiger partial charge is 0.0179 e. The van der Waals surface area contributed by atoms with Crippen LogP contribution in [0, 0.1) is 13.5 Å². The van der Waals surface area contributed by atoms with Crippen LogP contribution in [0.3, 0.4) is 0 Å². The molecule has 0 saturated heterocycles. The van der Waals surface area contributed by atoms with Crippen molar-refractivity contribution in [3.63, 3.8) is 0 Å². The van der Waals surface area contributed by atoms with Gasteiger partial charge in [0.05, 0.1) is 0 Å². The minimum Gasteiger partial charge on any atom is -0.566 e. The molecule has 10 heteroatoms. The molecule has 5 nitrogen and oxygen atoms in total. The van der Waals surface area contributed by atoms with Gasteiger partial charge < -0.3 is 31.8 Å². The molecule has 0 aliphatic heterocycles. The average Bonchev–Trinajstić information content (AvgIpc) is 2.38. The van der Waals surface area contributed by atoms with Gasteiger partial charge in [-0.15, -0.1) is 19.6 Å². The third-order valence-corrected chi connectivity index (χ3v) is 0.416. The van der Waals surface area contributed by atoms with Crippen LogP contribution in [-0.4, -0.2) is 50.5 Å². The van der Waals surface area contributed by atoms with E-state index >= 15 is 0 Å². The monoisotopic (exact) mass is 550 g/mol. The minimum absolute atomic E-state index is 0. The Labute approximate surface area is 225 Å². The Balaban J connectivity index is -0.00000000259. The average molecular weight is 550 g/mol. The Morgan fingerprint density at radius 3 is 0.889 bits per heavy atom. The van der Waals surface area contributed by atoms with Crippen molar-refractivity contribution in [2.45, 2.75) is 64.8 Å². The van der Waals surface area contributed by atoms with Crippen LogP contribution in [0.4, 0.5) is 0 Å². The van der Waals surface area contributed by atoms with Crippen LogP contribution in [0.15, 0.2) is 13.2 Å². The fraction of sp³-hybridized carbons (Fsp3) is 0.647. The van der Waals surface area contributed by atoms with Crippen LogP contribution in [0.1, 0.15) is 66.3 Å². The summed E-state index contributed by atoms with van der Waals surface area (Å²) in [6.07, 6.45) is 1.00. The van der Waals surface area contributed by atoms with Gasteiger partial charge in [0.25, 0.3) is 0 Å². The number of aliphatic hydroxyl groups is 3. The first-order chi connectivity index (χ1) is 7.33. The topological polar surface area (TPSA) is 94.8 Å². The van der Waals surface area contributed by atoms with Crippen molar-refractivity contribution in [2.75, 3.05) is 13.2 Å². The maximum Gasteiger partial charge on any atom is 0.0179 e. The number of hydrogen-bond acceptors (Lipinski definition) is 5. The SMILES string of the molecule is C.C.C.C.C.C.C.C=C.O[CH-]CCO.[2HH].[B].[CH-]=O.[CH-]=O.[CH2-]CCO.[V].[V].[V].[V]. The molecule has 27 heavy (non-hydrogen) atoms.